The van der Waals surface area contributed by atoms with Crippen LogP contribution in [0.1, 0.15) is 58.3 Å². The van der Waals surface area contributed by atoms with Crippen LogP contribution in [0, 0.1) is 0 Å². The van der Waals surface area contributed by atoms with Crippen molar-refractivity contribution in [2.24, 2.45) is 0 Å². The van der Waals surface area contributed by atoms with Crippen molar-refractivity contribution in [2.75, 3.05) is 0 Å². The van der Waals surface area contributed by atoms with E-state index in [-0.39, 0.29) is 29.6 Å². The molecule has 0 bridgehead atoms. The molecule has 0 aromatic heterocycles. The number of hydrogen-bond acceptors (Lipinski definition) is 1. The van der Waals surface area contributed by atoms with Crippen molar-refractivity contribution in [3.05, 3.63) is 72.9 Å². The normalized spacial score (nSPS) is 12.5. The summed E-state index contributed by atoms with van der Waals surface area (Å²) >= 11 is 0. The Bertz CT molecular complexity index is 468. The first kappa shape index (κ1) is 26.1. The number of unbranched alkanes of at least 4 members (excludes halogenated alkanes) is 7. The third kappa shape index (κ3) is 25.3. The summed E-state index contributed by atoms with van der Waals surface area (Å²) in [6.07, 6.45) is 32.7. The molecule has 0 spiro atoms. The molecule has 0 saturated carbocycles. The number of carboxylic acid groups (broad SMARTS) is 1. The van der Waals surface area contributed by atoms with E-state index in [1.54, 1.807) is 12.2 Å². The van der Waals surface area contributed by atoms with Crippen molar-refractivity contribution in [3.63, 3.8) is 0 Å². The van der Waals surface area contributed by atoms with Gasteiger partial charge in [0.05, 0.1) is 0 Å². The van der Waals surface area contributed by atoms with E-state index in [4.69, 9.17) is 5.11 Å². The van der Waals surface area contributed by atoms with Crippen LogP contribution in [0.25, 0.3) is 0 Å². The van der Waals surface area contributed by atoms with Gasteiger partial charge < -0.3 is 5.11 Å². The molecule has 0 aromatic carbocycles. The molecule has 0 unspecified atom stereocenters. The molecule has 3 heteroatoms. The first-order valence-electron chi connectivity index (χ1n) is 9.00. The number of aliphatic carboxylic acids is 1. The van der Waals surface area contributed by atoms with Gasteiger partial charge in [-0.3, -0.25) is 0 Å². The Morgan fingerprint density at radius 1 is 0.680 bits per heavy atom. The van der Waals surface area contributed by atoms with E-state index in [9.17, 15) is 4.79 Å². The maximum absolute atomic E-state index is 10.2. The van der Waals surface area contributed by atoms with Crippen LogP contribution in [-0.4, -0.2) is 40.6 Å². The van der Waals surface area contributed by atoms with Crippen LogP contribution < -0.4 is 0 Å². The first-order valence-corrected chi connectivity index (χ1v) is 9.00. The van der Waals surface area contributed by atoms with Gasteiger partial charge >= 0.3 is 35.5 Å². The third-order valence-corrected chi connectivity index (χ3v) is 3.35. The van der Waals surface area contributed by atoms with Gasteiger partial charge in [-0.15, -0.1) is 0 Å². The monoisotopic (exact) mass is 352 g/mol. The predicted octanol–water partition coefficient (Wildman–Crippen LogP) is 5.90. The molecular weight excluding hydrogens is 319 g/mol. The van der Waals surface area contributed by atoms with Gasteiger partial charge in [0.2, 0.25) is 0 Å². The van der Waals surface area contributed by atoms with E-state index in [1.165, 1.54) is 51.0 Å². The van der Waals surface area contributed by atoms with E-state index in [1.807, 2.05) is 36.5 Å². The van der Waals surface area contributed by atoms with Crippen LogP contribution in [-0.2, 0) is 4.79 Å². The van der Waals surface area contributed by atoms with Crippen LogP contribution in [0.4, 0.5) is 0 Å². The summed E-state index contributed by atoms with van der Waals surface area (Å²) in [7, 11) is 0. The second-order valence-electron chi connectivity index (χ2n) is 5.58. The Balaban J connectivity index is 0. The second kappa shape index (κ2) is 22.9. The fourth-order valence-corrected chi connectivity index (χ4v) is 2.05. The number of allylic oxidation sites excluding steroid dienone is 11. The van der Waals surface area contributed by atoms with Crippen molar-refractivity contribution in [3.8, 4) is 0 Å². The molecule has 25 heavy (non-hydrogen) atoms. The fourth-order valence-electron chi connectivity index (χ4n) is 2.05. The molecule has 0 atom stereocenters. The molecule has 0 rings (SSSR count). The summed E-state index contributed by atoms with van der Waals surface area (Å²) in [6, 6.07) is 0. The Morgan fingerprint density at radius 2 is 1.12 bits per heavy atom. The summed E-state index contributed by atoms with van der Waals surface area (Å²) < 4.78 is 0. The van der Waals surface area contributed by atoms with Gasteiger partial charge in [0.25, 0.3) is 0 Å². The number of rotatable bonds is 14. The van der Waals surface area contributed by atoms with E-state index in [0.29, 0.717) is 0 Å². The number of hydrogen-bond donors (Lipinski definition) is 1. The Labute approximate surface area is 176 Å². The maximum atomic E-state index is 10.2. The summed E-state index contributed by atoms with van der Waals surface area (Å²) in [5.74, 6) is -0.936. The number of carboxylic acids is 1. The van der Waals surface area contributed by atoms with Gasteiger partial charge in [-0.25, -0.2) is 4.79 Å². The van der Waals surface area contributed by atoms with Gasteiger partial charge in [-0.05, 0) is 12.8 Å². The molecular formula is C22H33NaO2. The zero-order valence-corrected chi connectivity index (χ0v) is 14.9. The molecule has 134 valence electrons. The molecule has 0 saturated heterocycles. The molecule has 0 aromatic rings. The van der Waals surface area contributed by atoms with E-state index in [2.05, 4.69) is 19.1 Å². The zero-order valence-electron chi connectivity index (χ0n) is 14.9. The molecule has 0 radical (unpaired) electrons. The molecule has 0 aliphatic carbocycles. The minimum absolute atomic E-state index is 0. The SMILES string of the molecule is CCCCCCCCCC=CC=CC=CC=CC=CC=CC(=O)O.[NaH]. The van der Waals surface area contributed by atoms with E-state index >= 15 is 0 Å². The molecule has 0 fully saturated rings. The average Bonchev–Trinajstić information content (AvgIpc) is 2.56. The molecule has 2 nitrogen and oxygen atoms in total. The second-order valence-corrected chi connectivity index (χ2v) is 5.58. The summed E-state index contributed by atoms with van der Waals surface area (Å²) in [5.41, 5.74) is 0. The Kier molecular flexibility index (Phi) is 24.0. The minimum atomic E-state index is -0.936. The standard InChI is InChI=1S/C22H32O2.Na.H/c1-2-3-4-5-6-7-8-9-10-11-12-13-14-15-16-17-18-19-20-21-22(23)24;;/h10-21H,2-9H2,1H3,(H,23,24);;. The zero-order chi connectivity index (χ0) is 17.7. The van der Waals surface area contributed by atoms with Gasteiger partial charge in [-0.1, -0.05) is 112 Å². The summed E-state index contributed by atoms with van der Waals surface area (Å²) in [6.45, 7) is 2.25. The number of carbonyl (C=O) groups is 1. The molecule has 0 aliphatic heterocycles. The van der Waals surface area contributed by atoms with Gasteiger partial charge in [0.1, 0.15) is 0 Å². The molecule has 0 heterocycles. The van der Waals surface area contributed by atoms with Crippen molar-refractivity contribution in [1.82, 2.24) is 0 Å². The molecule has 0 amide bonds. The van der Waals surface area contributed by atoms with Crippen molar-refractivity contribution >= 4 is 35.5 Å². The van der Waals surface area contributed by atoms with E-state index in [0.717, 1.165) is 12.5 Å². The van der Waals surface area contributed by atoms with Crippen LogP contribution in [0.5, 0.6) is 0 Å². The van der Waals surface area contributed by atoms with Crippen molar-refractivity contribution < 1.29 is 9.90 Å². The quantitative estimate of drug-likeness (QED) is 0.183. The van der Waals surface area contributed by atoms with Crippen LogP contribution in [0.2, 0.25) is 0 Å². The van der Waals surface area contributed by atoms with Crippen LogP contribution >= 0.6 is 0 Å². The van der Waals surface area contributed by atoms with Gasteiger partial charge in [-0.2, -0.15) is 0 Å². The topological polar surface area (TPSA) is 37.3 Å². The third-order valence-electron chi connectivity index (χ3n) is 3.35. The Hall–Kier alpha value is -1.09. The van der Waals surface area contributed by atoms with Crippen molar-refractivity contribution in [2.45, 2.75) is 58.3 Å². The predicted molar refractivity (Wildman–Crippen MR) is 112 cm³/mol. The first-order chi connectivity index (χ1) is 11.8. The fraction of sp³-hybridized carbons (Fsp3) is 0.409. The average molecular weight is 352 g/mol. The van der Waals surface area contributed by atoms with Gasteiger partial charge in [0, 0.05) is 6.08 Å². The van der Waals surface area contributed by atoms with Crippen molar-refractivity contribution in [1.29, 1.82) is 0 Å². The molecule has 1 N–H and O–H groups in total. The van der Waals surface area contributed by atoms with Gasteiger partial charge in [0.15, 0.2) is 0 Å². The van der Waals surface area contributed by atoms with Crippen LogP contribution in [0.3, 0.4) is 0 Å². The Morgan fingerprint density at radius 3 is 1.64 bits per heavy atom. The van der Waals surface area contributed by atoms with E-state index < -0.39 is 5.97 Å². The summed E-state index contributed by atoms with van der Waals surface area (Å²) in [4.78, 5) is 10.2. The van der Waals surface area contributed by atoms with Crippen LogP contribution in [0.15, 0.2) is 72.9 Å². The molecule has 0 aliphatic rings. The summed E-state index contributed by atoms with van der Waals surface area (Å²) in [5, 5.41) is 8.39.